The summed E-state index contributed by atoms with van der Waals surface area (Å²) in [5.41, 5.74) is 6.91. The Morgan fingerprint density at radius 3 is 2.64 bits per heavy atom. The molecule has 1 aromatic heterocycles. The topological polar surface area (TPSA) is 58.6 Å². The second-order valence-corrected chi connectivity index (χ2v) is 3.24. The van der Waals surface area contributed by atoms with Crippen molar-refractivity contribution in [3.63, 3.8) is 0 Å². The van der Waals surface area contributed by atoms with Crippen molar-refractivity contribution < 1.29 is 4.68 Å². The molecule has 1 aromatic carbocycles. The van der Waals surface area contributed by atoms with Gasteiger partial charge in [-0.3, -0.25) is 5.73 Å². The summed E-state index contributed by atoms with van der Waals surface area (Å²) < 4.78 is 1.82. The van der Waals surface area contributed by atoms with Crippen LogP contribution in [0.2, 0.25) is 0 Å². The van der Waals surface area contributed by atoms with Gasteiger partial charge >= 0.3 is 5.95 Å². The van der Waals surface area contributed by atoms with Gasteiger partial charge in [-0.25, -0.2) is 5.10 Å². The highest BCUT2D eigenvalue weighted by molar-refractivity contribution is 5.14. The lowest BCUT2D eigenvalue weighted by Gasteiger charge is -1.97. The number of rotatable bonds is 2. The Bertz CT molecular complexity index is 419. The molecule has 0 aliphatic carbocycles. The zero-order valence-electron chi connectivity index (χ0n) is 8.07. The smallest absolute Gasteiger partial charge is 0.286 e. The molecule has 4 nitrogen and oxygen atoms in total. The van der Waals surface area contributed by atoms with Crippen LogP contribution in [0.15, 0.2) is 30.3 Å². The number of nitrogens with zero attached hydrogens (tertiary/aromatic N) is 2. The molecular formula is C10H13N4+. The number of benzene rings is 1. The molecule has 3 N–H and O–H groups in total. The molecule has 0 amide bonds. The zero-order valence-corrected chi connectivity index (χ0v) is 8.07. The van der Waals surface area contributed by atoms with E-state index in [1.165, 1.54) is 5.56 Å². The summed E-state index contributed by atoms with van der Waals surface area (Å²) in [5, 5.41) is 3.07. The first-order chi connectivity index (χ1) is 6.75. The Labute approximate surface area is 82.4 Å². The predicted octanol–water partition coefficient (Wildman–Crippen LogP) is 0.636. The minimum atomic E-state index is 0.520. The van der Waals surface area contributed by atoms with Gasteiger partial charge in [0.1, 0.15) is 6.54 Å². The number of hydrogen-bond acceptors (Lipinski definition) is 2. The van der Waals surface area contributed by atoms with Crippen molar-refractivity contribution in [1.29, 1.82) is 0 Å². The zero-order chi connectivity index (χ0) is 9.97. The highest BCUT2D eigenvalue weighted by Crippen LogP contribution is 1.98. The van der Waals surface area contributed by atoms with Crippen LogP contribution in [0.25, 0.3) is 0 Å². The van der Waals surface area contributed by atoms with Gasteiger partial charge in [-0.2, -0.15) is 4.68 Å². The molecule has 2 aromatic rings. The van der Waals surface area contributed by atoms with E-state index >= 15 is 0 Å². The van der Waals surface area contributed by atoms with Crippen LogP contribution in [0, 0.1) is 6.92 Å². The minimum absolute atomic E-state index is 0.520. The van der Waals surface area contributed by atoms with Crippen molar-refractivity contribution in [2.24, 2.45) is 0 Å². The van der Waals surface area contributed by atoms with Gasteiger partial charge in [0, 0.05) is 6.92 Å². The summed E-state index contributed by atoms with van der Waals surface area (Å²) in [6, 6.07) is 10.1. The summed E-state index contributed by atoms with van der Waals surface area (Å²) in [7, 11) is 0. The second-order valence-electron chi connectivity index (χ2n) is 3.24. The normalized spacial score (nSPS) is 10.4. The van der Waals surface area contributed by atoms with E-state index in [1.54, 1.807) is 0 Å². The van der Waals surface area contributed by atoms with Crippen LogP contribution >= 0.6 is 0 Å². The van der Waals surface area contributed by atoms with E-state index in [4.69, 9.17) is 5.73 Å². The van der Waals surface area contributed by atoms with Crippen LogP contribution < -0.4 is 10.4 Å². The van der Waals surface area contributed by atoms with Crippen LogP contribution in [-0.4, -0.2) is 10.1 Å². The fourth-order valence-corrected chi connectivity index (χ4v) is 1.40. The van der Waals surface area contributed by atoms with Crippen molar-refractivity contribution in [2.75, 3.05) is 5.73 Å². The van der Waals surface area contributed by atoms with E-state index in [1.807, 2.05) is 29.8 Å². The van der Waals surface area contributed by atoms with Crippen LogP contribution in [0.1, 0.15) is 11.4 Å². The molecular weight excluding hydrogens is 176 g/mol. The second kappa shape index (κ2) is 3.49. The quantitative estimate of drug-likeness (QED) is 0.681. The van der Waals surface area contributed by atoms with Crippen molar-refractivity contribution in [3.8, 4) is 0 Å². The van der Waals surface area contributed by atoms with Gasteiger partial charge in [-0.1, -0.05) is 35.3 Å². The van der Waals surface area contributed by atoms with Gasteiger partial charge in [0.2, 0.25) is 5.82 Å². The van der Waals surface area contributed by atoms with Gasteiger partial charge in [0.05, 0.1) is 0 Å². The monoisotopic (exact) mass is 189 g/mol. The number of anilines is 1. The Balaban J connectivity index is 2.23. The van der Waals surface area contributed by atoms with Crippen molar-refractivity contribution in [2.45, 2.75) is 13.5 Å². The van der Waals surface area contributed by atoms with E-state index < -0.39 is 0 Å². The Morgan fingerprint density at radius 2 is 2.07 bits per heavy atom. The van der Waals surface area contributed by atoms with Crippen LogP contribution in [-0.2, 0) is 6.54 Å². The minimum Gasteiger partial charge on any atom is -0.286 e. The van der Waals surface area contributed by atoms with Crippen molar-refractivity contribution in [1.82, 2.24) is 10.1 Å². The maximum atomic E-state index is 5.71. The average Bonchev–Trinajstić information content (AvgIpc) is 2.47. The molecule has 0 aliphatic rings. The molecule has 0 unspecified atom stereocenters. The molecule has 0 radical (unpaired) electrons. The molecule has 4 heteroatoms. The fourth-order valence-electron chi connectivity index (χ4n) is 1.40. The van der Waals surface area contributed by atoms with E-state index in [9.17, 15) is 0 Å². The van der Waals surface area contributed by atoms with Gasteiger partial charge < -0.3 is 0 Å². The lowest BCUT2D eigenvalue weighted by atomic mass is 10.2. The summed E-state index contributed by atoms with van der Waals surface area (Å²) in [6.07, 6.45) is 0. The molecule has 0 aliphatic heterocycles. The van der Waals surface area contributed by atoms with E-state index in [0.29, 0.717) is 5.95 Å². The fraction of sp³-hybridized carbons (Fsp3) is 0.200. The SMILES string of the molecule is Cc1nc(N)[n+](Cc2ccccc2)[nH]1. The van der Waals surface area contributed by atoms with Crippen molar-refractivity contribution in [3.05, 3.63) is 41.7 Å². The third-order valence-corrected chi connectivity index (χ3v) is 2.04. The number of hydrogen-bond donors (Lipinski definition) is 2. The number of nitrogens with one attached hydrogen (secondary N) is 1. The first kappa shape index (κ1) is 8.74. The lowest BCUT2D eigenvalue weighted by Crippen LogP contribution is -2.39. The standard InChI is InChI=1S/C10H12N4/c1-8-12-10(11)14(13-8)7-9-5-3-2-4-6-9/h2-6H,7H2,1H3,(H2,11,12,13)/p+1. The predicted molar refractivity (Wildman–Crippen MR) is 53.5 cm³/mol. The number of nitrogens with two attached hydrogens (primary N) is 1. The number of H-pyrrole nitrogens is 1. The van der Waals surface area contributed by atoms with E-state index in [0.717, 1.165) is 12.4 Å². The number of aromatic nitrogens is 3. The number of nitrogen functional groups attached to an aromatic ring is 1. The molecule has 0 saturated heterocycles. The summed E-state index contributed by atoms with van der Waals surface area (Å²) >= 11 is 0. The lowest BCUT2D eigenvalue weighted by molar-refractivity contribution is -0.730. The van der Waals surface area contributed by atoms with Gasteiger partial charge in [-0.05, 0) is 5.56 Å². The van der Waals surface area contributed by atoms with Crippen LogP contribution in [0.5, 0.6) is 0 Å². The molecule has 14 heavy (non-hydrogen) atoms. The maximum Gasteiger partial charge on any atom is 0.409 e. The summed E-state index contributed by atoms with van der Waals surface area (Å²) in [5.74, 6) is 1.35. The Kier molecular flexibility index (Phi) is 2.18. The largest absolute Gasteiger partial charge is 0.409 e. The molecule has 0 atom stereocenters. The van der Waals surface area contributed by atoms with Crippen molar-refractivity contribution >= 4 is 5.95 Å². The first-order valence-electron chi connectivity index (χ1n) is 4.51. The molecule has 2 rings (SSSR count). The molecule has 0 fully saturated rings. The third-order valence-electron chi connectivity index (χ3n) is 2.04. The van der Waals surface area contributed by atoms with Crippen LogP contribution in [0.3, 0.4) is 0 Å². The molecule has 1 heterocycles. The maximum absolute atomic E-state index is 5.71. The third kappa shape index (κ3) is 1.74. The molecule has 72 valence electrons. The van der Waals surface area contributed by atoms with Gasteiger partial charge in [-0.15, -0.1) is 0 Å². The molecule has 0 spiro atoms. The van der Waals surface area contributed by atoms with E-state index in [-0.39, 0.29) is 0 Å². The highest BCUT2D eigenvalue weighted by Gasteiger charge is 2.10. The molecule has 0 saturated carbocycles. The van der Waals surface area contributed by atoms with Gasteiger partial charge in [0.25, 0.3) is 0 Å². The van der Waals surface area contributed by atoms with Crippen LogP contribution in [0.4, 0.5) is 5.95 Å². The number of aryl methyl sites for hydroxylation is 1. The van der Waals surface area contributed by atoms with E-state index in [2.05, 4.69) is 22.2 Å². The molecule has 0 bridgehead atoms. The number of aromatic amines is 1. The highest BCUT2D eigenvalue weighted by atomic mass is 15.4. The first-order valence-corrected chi connectivity index (χ1v) is 4.51. The summed E-state index contributed by atoms with van der Waals surface area (Å²) in [6.45, 7) is 2.62. The Hall–Kier alpha value is -1.84. The summed E-state index contributed by atoms with van der Waals surface area (Å²) in [4.78, 5) is 4.09. The average molecular weight is 189 g/mol. The Morgan fingerprint density at radius 1 is 1.36 bits per heavy atom. The van der Waals surface area contributed by atoms with Gasteiger partial charge in [0.15, 0.2) is 0 Å².